The average Bonchev–Trinajstić information content (AvgIpc) is 2.89. The van der Waals surface area contributed by atoms with Gasteiger partial charge in [-0.25, -0.2) is 4.98 Å². The number of rotatable bonds is 7. The zero-order valence-corrected chi connectivity index (χ0v) is 21.4. The van der Waals surface area contributed by atoms with Crippen molar-refractivity contribution in [3.05, 3.63) is 80.7 Å². The van der Waals surface area contributed by atoms with E-state index in [0.717, 1.165) is 10.4 Å². The molecule has 0 saturated carbocycles. The largest absolute Gasteiger partial charge is 0.484 e. The minimum Gasteiger partial charge on any atom is -0.484 e. The van der Waals surface area contributed by atoms with Crippen LogP contribution < -0.4 is 20.0 Å². The predicted octanol–water partition coefficient (Wildman–Crippen LogP) is 3.37. The second-order valence-corrected chi connectivity index (χ2v) is 8.27. The van der Waals surface area contributed by atoms with Gasteiger partial charge in [0.25, 0.3) is 11.5 Å². The van der Waals surface area contributed by atoms with Gasteiger partial charge in [0.2, 0.25) is 5.95 Å². The molecule has 9 nitrogen and oxygen atoms in total. The van der Waals surface area contributed by atoms with Crippen molar-refractivity contribution in [2.24, 2.45) is 0 Å². The predicted molar refractivity (Wildman–Crippen MR) is 138 cm³/mol. The molecule has 1 aromatic heterocycles. The number of aromatic nitrogens is 2. The van der Waals surface area contributed by atoms with E-state index >= 15 is 0 Å². The second-order valence-electron chi connectivity index (χ2n) is 7.83. The summed E-state index contributed by atoms with van der Waals surface area (Å²) < 4.78 is 6.72. The van der Waals surface area contributed by atoms with Crippen molar-refractivity contribution in [2.75, 3.05) is 31.7 Å². The Morgan fingerprint density at radius 2 is 1.89 bits per heavy atom. The number of anilines is 2. The van der Waals surface area contributed by atoms with Gasteiger partial charge in [0, 0.05) is 30.2 Å². The van der Waals surface area contributed by atoms with Crippen LogP contribution in [0.1, 0.15) is 23.7 Å². The van der Waals surface area contributed by atoms with Gasteiger partial charge in [-0.2, -0.15) is 5.26 Å². The van der Waals surface area contributed by atoms with Gasteiger partial charge in [-0.15, -0.1) is 17.1 Å². The molecule has 1 amide bonds. The lowest BCUT2D eigenvalue weighted by Gasteiger charge is -2.30. The zero-order valence-electron chi connectivity index (χ0n) is 19.8. The molecule has 0 atom stereocenters. The third-order valence-electron chi connectivity index (χ3n) is 5.75. The van der Waals surface area contributed by atoms with Gasteiger partial charge in [-0.1, -0.05) is 11.6 Å². The Bertz CT molecular complexity index is 1320. The van der Waals surface area contributed by atoms with Crippen molar-refractivity contribution in [3.8, 4) is 11.8 Å². The minimum absolute atomic E-state index is 0. The molecule has 0 fully saturated rings. The molecule has 0 spiro atoms. The number of hydrogen-bond acceptors (Lipinski definition) is 7. The molecule has 188 valence electrons. The number of benzene rings is 2. The highest BCUT2D eigenvalue weighted by atomic mass is 35.5. The molecule has 1 aliphatic rings. The number of fused-ring (bicyclic) bond motifs is 1. The Kier molecular flexibility index (Phi) is 8.80. The van der Waals surface area contributed by atoms with Crippen molar-refractivity contribution in [2.45, 2.75) is 19.9 Å². The van der Waals surface area contributed by atoms with E-state index in [2.05, 4.69) is 0 Å². The molecule has 36 heavy (non-hydrogen) atoms. The smallest absolute Gasteiger partial charge is 0.293 e. The fraction of sp³-hybridized carbons (Fsp3) is 0.280. The maximum Gasteiger partial charge on any atom is 0.293 e. The lowest BCUT2D eigenvalue weighted by atomic mass is 10.1. The monoisotopic (exact) mass is 529 g/mol. The molecular formula is C25H25Cl2N5O4. The van der Waals surface area contributed by atoms with E-state index in [1.54, 1.807) is 41.3 Å². The molecule has 4 rings (SSSR count). The summed E-state index contributed by atoms with van der Waals surface area (Å²) in [5.74, 6) is 0.610. The number of amides is 1. The van der Waals surface area contributed by atoms with Crippen molar-refractivity contribution < 1.29 is 14.4 Å². The normalized spacial score (nSPS) is 12.1. The van der Waals surface area contributed by atoms with Crippen molar-refractivity contribution >= 4 is 41.6 Å². The van der Waals surface area contributed by atoms with Crippen LogP contribution in [0.4, 0.5) is 11.6 Å². The van der Waals surface area contributed by atoms with Crippen LogP contribution in [0.2, 0.25) is 5.02 Å². The van der Waals surface area contributed by atoms with Gasteiger partial charge in [-0.05, 0) is 55.5 Å². The molecule has 2 heterocycles. The Morgan fingerprint density at radius 3 is 2.50 bits per heavy atom. The first kappa shape index (κ1) is 26.9. The van der Waals surface area contributed by atoms with Crippen molar-refractivity contribution in [1.82, 2.24) is 14.6 Å². The average molecular weight is 530 g/mol. The van der Waals surface area contributed by atoms with Crippen LogP contribution in [0.5, 0.6) is 5.75 Å². The van der Waals surface area contributed by atoms with Gasteiger partial charge in [0.1, 0.15) is 12.9 Å². The fourth-order valence-corrected chi connectivity index (χ4v) is 4.04. The van der Waals surface area contributed by atoms with Crippen LogP contribution in [0.15, 0.2) is 53.3 Å². The van der Waals surface area contributed by atoms with Gasteiger partial charge in [0.05, 0.1) is 29.4 Å². The van der Waals surface area contributed by atoms with E-state index in [9.17, 15) is 9.59 Å². The van der Waals surface area contributed by atoms with E-state index in [1.807, 2.05) is 30.0 Å². The number of halogens is 2. The van der Waals surface area contributed by atoms with Gasteiger partial charge in [0.15, 0.2) is 6.61 Å². The Morgan fingerprint density at radius 1 is 1.19 bits per heavy atom. The highest BCUT2D eigenvalue weighted by Crippen LogP contribution is 2.26. The summed E-state index contributed by atoms with van der Waals surface area (Å²) in [6.45, 7) is 2.86. The van der Waals surface area contributed by atoms with Gasteiger partial charge < -0.3 is 19.4 Å². The van der Waals surface area contributed by atoms with Crippen molar-refractivity contribution in [3.63, 3.8) is 0 Å². The van der Waals surface area contributed by atoms with Crippen LogP contribution in [0, 0.1) is 11.3 Å². The number of carbonyl (C=O) groups is 1. The Hall–Kier alpha value is -3.74. The molecule has 2 aromatic carbocycles. The molecular weight excluding hydrogens is 505 g/mol. The SMILES string of the molecule is CCN(c1ccc(Cl)cc1)c1nc2c(c(=O)n1OC)CN(C(=O)COc1ccc(C#N)cc1)CC2.Cl. The minimum atomic E-state index is -0.356. The number of ether oxygens (including phenoxy) is 1. The molecule has 0 bridgehead atoms. The summed E-state index contributed by atoms with van der Waals surface area (Å²) >= 11 is 6.03. The highest BCUT2D eigenvalue weighted by molar-refractivity contribution is 6.30. The summed E-state index contributed by atoms with van der Waals surface area (Å²) in [6.07, 6.45) is 0.433. The van der Waals surface area contributed by atoms with Gasteiger partial charge >= 0.3 is 0 Å². The molecule has 1 aliphatic heterocycles. The van der Waals surface area contributed by atoms with Crippen molar-refractivity contribution in [1.29, 1.82) is 5.26 Å². The molecule has 0 unspecified atom stereocenters. The zero-order chi connectivity index (χ0) is 24.9. The van der Waals surface area contributed by atoms with E-state index in [1.165, 1.54) is 7.11 Å². The van der Waals surface area contributed by atoms with Crippen LogP contribution >= 0.6 is 24.0 Å². The molecule has 0 aliphatic carbocycles. The topological polar surface area (TPSA) is 101 Å². The first-order valence-corrected chi connectivity index (χ1v) is 11.5. The number of nitrogens with zero attached hydrogens (tertiary/aromatic N) is 5. The summed E-state index contributed by atoms with van der Waals surface area (Å²) in [5, 5.41) is 9.50. The number of carbonyl (C=O) groups excluding carboxylic acids is 1. The van der Waals surface area contributed by atoms with E-state index < -0.39 is 0 Å². The summed E-state index contributed by atoms with van der Waals surface area (Å²) in [6, 6.07) is 15.8. The highest BCUT2D eigenvalue weighted by Gasteiger charge is 2.28. The lowest BCUT2D eigenvalue weighted by Crippen LogP contribution is -2.44. The summed E-state index contributed by atoms with van der Waals surface area (Å²) in [5.41, 5.74) is 2.03. The van der Waals surface area contributed by atoms with E-state index in [-0.39, 0.29) is 37.0 Å². The Balaban J connectivity index is 0.00000361. The summed E-state index contributed by atoms with van der Waals surface area (Å²) in [7, 11) is 1.41. The molecule has 3 aromatic rings. The Labute approximate surface area is 219 Å². The van der Waals surface area contributed by atoms with Crippen LogP contribution in [0.3, 0.4) is 0 Å². The van der Waals surface area contributed by atoms with E-state index in [4.69, 9.17) is 31.4 Å². The van der Waals surface area contributed by atoms with Crippen LogP contribution in [-0.2, 0) is 17.8 Å². The van der Waals surface area contributed by atoms with E-state index in [0.29, 0.717) is 53.1 Å². The third-order valence-corrected chi connectivity index (χ3v) is 6.00. The molecule has 11 heteroatoms. The first-order chi connectivity index (χ1) is 16.9. The summed E-state index contributed by atoms with van der Waals surface area (Å²) in [4.78, 5) is 39.7. The maximum atomic E-state index is 13.3. The second kappa shape index (κ2) is 11.8. The fourth-order valence-electron chi connectivity index (χ4n) is 3.92. The first-order valence-electron chi connectivity index (χ1n) is 11.1. The number of hydrogen-bond donors (Lipinski definition) is 0. The molecule has 0 radical (unpaired) electrons. The van der Waals surface area contributed by atoms with Crippen LogP contribution in [-0.4, -0.2) is 47.3 Å². The number of nitriles is 1. The van der Waals surface area contributed by atoms with Gasteiger partial charge in [-0.3, -0.25) is 9.59 Å². The standard InChI is InChI=1S/C25H24ClN5O4.ClH/c1-3-30(19-8-6-18(26)7-9-19)25-28-22-12-13-29(15-21(22)24(33)31(25)34-2)23(32)16-35-20-10-4-17(14-27)5-11-20;/h4-11H,3,12-13,15-16H2,1-2H3;1H. The maximum absolute atomic E-state index is 13.3. The molecule has 0 N–H and O–H groups in total. The van der Waals surface area contributed by atoms with Crippen LogP contribution in [0.25, 0.3) is 0 Å². The molecule has 0 saturated heterocycles. The quantitative estimate of drug-likeness (QED) is 0.462. The lowest BCUT2D eigenvalue weighted by molar-refractivity contribution is -0.134. The third kappa shape index (κ3) is 5.56.